The molecule has 1 N–H and O–H groups in total. The Labute approximate surface area is 122 Å². The van der Waals surface area contributed by atoms with Gasteiger partial charge in [0.2, 0.25) is 0 Å². The summed E-state index contributed by atoms with van der Waals surface area (Å²) in [7, 11) is 1.59. The normalized spacial score (nSPS) is 10.6. The third-order valence-corrected chi connectivity index (χ3v) is 3.29. The molecule has 3 rings (SSSR count). The molecule has 2 aromatic carbocycles. The number of aromatic nitrogens is 2. The van der Waals surface area contributed by atoms with E-state index in [1.165, 1.54) is 4.68 Å². The fraction of sp³-hybridized carbons (Fsp3) is 0.125. The van der Waals surface area contributed by atoms with Gasteiger partial charge in [0.1, 0.15) is 5.75 Å². The number of aryl methyl sites for hydroxylation is 1. The first kappa shape index (κ1) is 13.2. The lowest BCUT2D eigenvalue weighted by molar-refractivity contribution is 0.251. The highest BCUT2D eigenvalue weighted by atomic mass is 16.5. The molecule has 5 nitrogen and oxygen atoms in total. The Balaban J connectivity index is 1.94. The minimum absolute atomic E-state index is 0.299. The molecule has 21 heavy (non-hydrogen) atoms. The number of carbonyl (C=O) groups excluding carboxylic acids is 1. The SMILES string of the molecule is COc1cccc(NC(=O)n2nc(C)c3ccccc32)c1. The maximum Gasteiger partial charge on any atom is 0.347 e. The van der Waals surface area contributed by atoms with Crippen LogP contribution in [0.5, 0.6) is 5.75 Å². The molecule has 0 aliphatic heterocycles. The van der Waals surface area contributed by atoms with Crippen molar-refractivity contribution in [1.29, 1.82) is 0 Å². The fourth-order valence-corrected chi connectivity index (χ4v) is 2.25. The molecule has 0 aliphatic rings. The molecule has 0 aliphatic carbocycles. The number of nitrogens with zero attached hydrogens (tertiary/aromatic N) is 2. The number of hydrogen-bond acceptors (Lipinski definition) is 3. The van der Waals surface area contributed by atoms with Crippen LogP contribution in [0.1, 0.15) is 5.69 Å². The van der Waals surface area contributed by atoms with Gasteiger partial charge in [-0.3, -0.25) is 0 Å². The summed E-state index contributed by atoms with van der Waals surface area (Å²) in [5, 5.41) is 8.09. The van der Waals surface area contributed by atoms with Gasteiger partial charge in [-0.2, -0.15) is 9.78 Å². The predicted octanol–water partition coefficient (Wildman–Crippen LogP) is 3.43. The average molecular weight is 281 g/mol. The molecule has 0 atom stereocenters. The number of benzene rings is 2. The highest BCUT2D eigenvalue weighted by molar-refractivity contribution is 5.98. The van der Waals surface area contributed by atoms with E-state index < -0.39 is 0 Å². The van der Waals surface area contributed by atoms with Crippen molar-refractivity contribution in [3.05, 3.63) is 54.2 Å². The largest absolute Gasteiger partial charge is 0.497 e. The van der Waals surface area contributed by atoms with Crippen molar-refractivity contribution in [2.24, 2.45) is 0 Å². The average Bonchev–Trinajstić information content (AvgIpc) is 2.85. The number of para-hydroxylation sites is 1. The van der Waals surface area contributed by atoms with Crippen LogP contribution in [0.3, 0.4) is 0 Å². The Morgan fingerprint density at radius 3 is 2.81 bits per heavy atom. The van der Waals surface area contributed by atoms with Crippen molar-refractivity contribution < 1.29 is 9.53 Å². The summed E-state index contributed by atoms with van der Waals surface area (Å²) < 4.78 is 6.52. The molecule has 1 heterocycles. The molecule has 3 aromatic rings. The summed E-state index contributed by atoms with van der Waals surface area (Å²) in [6, 6.07) is 14.6. The zero-order chi connectivity index (χ0) is 14.8. The molecule has 0 saturated heterocycles. The third kappa shape index (κ3) is 2.45. The van der Waals surface area contributed by atoms with E-state index in [1.54, 1.807) is 19.2 Å². The second-order valence-corrected chi connectivity index (χ2v) is 4.68. The van der Waals surface area contributed by atoms with Crippen LogP contribution in [0, 0.1) is 6.92 Å². The minimum Gasteiger partial charge on any atom is -0.497 e. The number of fused-ring (bicyclic) bond motifs is 1. The number of carbonyl (C=O) groups is 1. The molecule has 0 saturated carbocycles. The summed E-state index contributed by atoms with van der Waals surface area (Å²) in [5.41, 5.74) is 2.28. The number of amides is 1. The van der Waals surface area contributed by atoms with Gasteiger partial charge in [0.15, 0.2) is 0 Å². The summed E-state index contributed by atoms with van der Waals surface area (Å²) in [6.45, 7) is 1.89. The van der Waals surface area contributed by atoms with Gasteiger partial charge < -0.3 is 10.1 Å². The molecular weight excluding hydrogens is 266 g/mol. The predicted molar refractivity (Wildman–Crippen MR) is 81.9 cm³/mol. The monoisotopic (exact) mass is 281 g/mol. The second kappa shape index (κ2) is 5.28. The lowest BCUT2D eigenvalue weighted by atomic mass is 10.2. The second-order valence-electron chi connectivity index (χ2n) is 4.68. The number of nitrogens with one attached hydrogen (secondary N) is 1. The Morgan fingerprint density at radius 1 is 1.19 bits per heavy atom. The van der Waals surface area contributed by atoms with E-state index in [2.05, 4.69) is 10.4 Å². The lowest BCUT2D eigenvalue weighted by Crippen LogP contribution is -2.20. The molecule has 106 valence electrons. The molecular formula is C16H15N3O2. The maximum atomic E-state index is 12.4. The van der Waals surface area contributed by atoms with Crippen LogP contribution >= 0.6 is 0 Å². The highest BCUT2D eigenvalue weighted by Crippen LogP contribution is 2.20. The molecule has 0 radical (unpaired) electrons. The summed E-state index contributed by atoms with van der Waals surface area (Å²) in [5.74, 6) is 0.689. The first-order valence-corrected chi connectivity index (χ1v) is 6.59. The Morgan fingerprint density at radius 2 is 2.00 bits per heavy atom. The first-order valence-electron chi connectivity index (χ1n) is 6.59. The van der Waals surface area contributed by atoms with Crippen molar-refractivity contribution in [1.82, 2.24) is 9.78 Å². The van der Waals surface area contributed by atoms with Crippen LogP contribution in [-0.2, 0) is 0 Å². The van der Waals surface area contributed by atoms with Gasteiger partial charge in [0.25, 0.3) is 0 Å². The Bertz CT molecular complexity index is 808. The van der Waals surface area contributed by atoms with E-state index in [4.69, 9.17) is 4.74 Å². The van der Waals surface area contributed by atoms with E-state index in [0.717, 1.165) is 16.6 Å². The van der Waals surface area contributed by atoms with Crippen LogP contribution < -0.4 is 10.1 Å². The first-order chi connectivity index (χ1) is 10.2. The molecule has 0 unspecified atom stereocenters. The molecule has 1 aromatic heterocycles. The van der Waals surface area contributed by atoms with Crippen LogP contribution in [0.4, 0.5) is 10.5 Å². The number of methoxy groups -OCH3 is 1. The van der Waals surface area contributed by atoms with Crippen LogP contribution in [0.2, 0.25) is 0 Å². The molecule has 0 fully saturated rings. The number of rotatable bonds is 2. The van der Waals surface area contributed by atoms with E-state index in [0.29, 0.717) is 11.4 Å². The molecule has 0 bridgehead atoms. The van der Waals surface area contributed by atoms with Crippen molar-refractivity contribution in [3.8, 4) is 5.75 Å². The van der Waals surface area contributed by atoms with Gasteiger partial charge in [-0.1, -0.05) is 24.3 Å². The van der Waals surface area contributed by atoms with E-state index in [1.807, 2.05) is 43.3 Å². The summed E-state index contributed by atoms with van der Waals surface area (Å²) >= 11 is 0. The minimum atomic E-state index is -0.299. The maximum absolute atomic E-state index is 12.4. The molecule has 5 heteroatoms. The number of anilines is 1. The number of hydrogen-bond donors (Lipinski definition) is 1. The summed E-state index contributed by atoms with van der Waals surface area (Å²) in [4.78, 5) is 12.4. The zero-order valence-corrected chi connectivity index (χ0v) is 11.8. The van der Waals surface area contributed by atoms with Gasteiger partial charge in [0.05, 0.1) is 18.3 Å². The van der Waals surface area contributed by atoms with Crippen molar-refractivity contribution in [2.45, 2.75) is 6.92 Å². The van der Waals surface area contributed by atoms with Gasteiger partial charge >= 0.3 is 6.03 Å². The third-order valence-electron chi connectivity index (χ3n) is 3.29. The van der Waals surface area contributed by atoms with Crippen LogP contribution in [0.15, 0.2) is 48.5 Å². The van der Waals surface area contributed by atoms with Gasteiger partial charge in [-0.05, 0) is 25.1 Å². The van der Waals surface area contributed by atoms with E-state index >= 15 is 0 Å². The van der Waals surface area contributed by atoms with Crippen LogP contribution in [0.25, 0.3) is 10.9 Å². The fourth-order valence-electron chi connectivity index (χ4n) is 2.25. The van der Waals surface area contributed by atoms with Gasteiger partial charge in [0, 0.05) is 17.1 Å². The molecule has 1 amide bonds. The van der Waals surface area contributed by atoms with E-state index in [-0.39, 0.29) is 6.03 Å². The van der Waals surface area contributed by atoms with E-state index in [9.17, 15) is 4.79 Å². The lowest BCUT2D eigenvalue weighted by Gasteiger charge is -2.07. The summed E-state index contributed by atoms with van der Waals surface area (Å²) in [6.07, 6.45) is 0. The van der Waals surface area contributed by atoms with Crippen molar-refractivity contribution in [2.75, 3.05) is 12.4 Å². The Kier molecular flexibility index (Phi) is 3.31. The molecule has 0 spiro atoms. The van der Waals surface area contributed by atoms with Gasteiger partial charge in [-0.25, -0.2) is 4.79 Å². The number of ether oxygens (including phenoxy) is 1. The van der Waals surface area contributed by atoms with Crippen LogP contribution in [-0.4, -0.2) is 22.9 Å². The standard InChI is InChI=1S/C16H15N3O2/c1-11-14-8-3-4-9-15(14)19(18-11)16(20)17-12-6-5-7-13(10-12)21-2/h3-10H,1-2H3,(H,17,20). The van der Waals surface area contributed by atoms with Gasteiger partial charge in [-0.15, -0.1) is 0 Å². The van der Waals surface area contributed by atoms with Crippen molar-refractivity contribution >= 4 is 22.6 Å². The smallest absolute Gasteiger partial charge is 0.347 e. The topological polar surface area (TPSA) is 56.1 Å². The quantitative estimate of drug-likeness (QED) is 0.783. The highest BCUT2D eigenvalue weighted by Gasteiger charge is 2.13. The Hall–Kier alpha value is -2.82. The van der Waals surface area contributed by atoms with Crippen molar-refractivity contribution in [3.63, 3.8) is 0 Å². The zero-order valence-electron chi connectivity index (χ0n) is 11.8.